The maximum Gasteiger partial charge on any atom is 0.254 e. The summed E-state index contributed by atoms with van der Waals surface area (Å²) in [7, 11) is 0. The summed E-state index contributed by atoms with van der Waals surface area (Å²) in [6, 6.07) is 5.90. The van der Waals surface area contributed by atoms with E-state index in [2.05, 4.69) is 19.2 Å². The number of fused-ring (bicyclic) bond motifs is 1. The number of nitrogens with one attached hydrogen (secondary N) is 1. The van der Waals surface area contributed by atoms with Crippen molar-refractivity contribution in [2.45, 2.75) is 52.0 Å². The topological polar surface area (TPSA) is 58.6 Å². The molecule has 2 amide bonds. The molecule has 26 heavy (non-hydrogen) atoms. The third kappa shape index (κ3) is 2.40. The van der Waals surface area contributed by atoms with Crippen molar-refractivity contribution in [3.8, 4) is 0 Å². The molecule has 0 saturated carbocycles. The van der Waals surface area contributed by atoms with E-state index in [1.165, 1.54) is 0 Å². The molecular weight excluding hydrogens is 328 g/mol. The van der Waals surface area contributed by atoms with Crippen LogP contribution < -0.4 is 5.32 Å². The molecule has 1 N–H and O–H groups in total. The Morgan fingerprint density at radius 3 is 2.62 bits per heavy atom. The van der Waals surface area contributed by atoms with Gasteiger partial charge in [-0.15, -0.1) is 0 Å². The van der Waals surface area contributed by atoms with Crippen molar-refractivity contribution < 1.29 is 14.3 Å². The third-order valence-electron chi connectivity index (χ3n) is 6.59. The Balaban J connectivity index is 1.59. The number of likely N-dealkylation sites (tertiary alicyclic amines) is 1. The van der Waals surface area contributed by atoms with Crippen LogP contribution in [0.5, 0.6) is 0 Å². The third-order valence-corrected chi connectivity index (χ3v) is 6.59. The quantitative estimate of drug-likeness (QED) is 0.885. The molecule has 2 saturated heterocycles. The molecule has 1 aromatic rings. The van der Waals surface area contributed by atoms with Crippen LogP contribution in [0, 0.1) is 11.3 Å². The van der Waals surface area contributed by atoms with E-state index in [9.17, 15) is 9.59 Å². The van der Waals surface area contributed by atoms with E-state index < -0.39 is 5.41 Å². The number of ether oxygens (including phenoxy) is 1. The number of hydrogen-bond acceptors (Lipinski definition) is 3. The van der Waals surface area contributed by atoms with Crippen LogP contribution in [0.3, 0.4) is 0 Å². The molecule has 1 spiro atoms. The summed E-state index contributed by atoms with van der Waals surface area (Å²) < 4.78 is 5.55. The molecule has 1 aromatic carbocycles. The van der Waals surface area contributed by atoms with Crippen LogP contribution in [-0.4, -0.2) is 42.5 Å². The van der Waals surface area contributed by atoms with E-state index in [0.717, 1.165) is 43.9 Å². The highest BCUT2D eigenvalue weighted by Gasteiger charge is 2.55. The van der Waals surface area contributed by atoms with E-state index in [1.807, 2.05) is 36.9 Å². The summed E-state index contributed by atoms with van der Waals surface area (Å²) in [5.41, 5.74) is 2.07. The van der Waals surface area contributed by atoms with Crippen molar-refractivity contribution in [1.82, 2.24) is 4.90 Å². The van der Waals surface area contributed by atoms with Crippen molar-refractivity contribution in [2.24, 2.45) is 11.3 Å². The van der Waals surface area contributed by atoms with Gasteiger partial charge in [-0.1, -0.05) is 19.9 Å². The zero-order chi connectivity index (χ0) is 18.7. The fourth-order valence-corrected chi connectivity index (χ4v) is 5.14. The Morgan fingerprint density at radius 1 is 1.27 bits per heavy atom. The number of carbonyl (C=O) groups is 2. The summed E-state index contributed by atoms with van der Waals surface area (Å²) in [5.74, 6) is 0.476. The lowest BCUT2D eigenvalue weighted by Crippen LogP contribution is -2.69. The summed E-state index contributed by atoms with van der Waals surface area (Å²) >= 11 is 0. The van der Waals surface area contributed by atoms with Crippen LogP contribution in [0.2, 0.25) is 0 Å². The lowest BCUT2D eigenvalue weighted by molar-refractivity contribution is -0.127. The normalized spacial score (nSPS) is 25.8. The summed E-state index contributed by atoms with van der Waals surface area (Å²) in [5, 5.41) is 2.92. The number of rotatable bonds is 2. The van der Waals surface area contributed by atoms with E-state index >= 15 is 0 Å². The first-order valence-electron chi connectivity index (χ1n) is 9.61. The molecular formula is C21H28N2O3. The van der Waals surface area contributed by atoms with Gasteiger partial charge < -0.3 is 15.0 Å². The van der Waals surface area contributed by atoms with Crippen LogP contribution in [0.25, 0.3) is 0 Å². The van der Waals surface area contributed by atoms with Crippen LogP contribution >= 0.6 is 0 Å². The predicted molar refractivity (Wildman–Crippen MR) is 100 cm³/mol. The minimum Gasteiger partial charge on any atom is -0.381 e. The molecule has 0 radical (unpaired) electrons. The van der Waals surface area contributed by atoms with Gasteiger partial charge in [0.1, 0.15) is 0 Å². The van der Waals surface area contributed by atoms with Crippen LogP contribution in [-0.2, 0) is 14.9 Å². The Bertz CT molecular complexity index is 763. The Kier molecular flexibility index (Phi) is 3.92. The number of benzene rings is 1. The first kappa shape index (κ1) is 17.5. The summed E-state index contributed by atoms with van der Waals surface area (Å²) in [6.07, 6.45) is 2.07. The van der Waals surface area contributed by atoms with E-state index in [1.54, 1.807) is 0 Å². The highest BCUT2D eigenvalue weighted by molar-refractivity contribution is 6.07. The molecule has 3 aliphatic rings. The lowest BCUT2D eigenvalue weighted by atomic mass is 9.62. The number of anilines is 1. The van der Waals surface area contributed by atoms with Gasteiger partial charge in [-0.05, 0) is 50.3 Å². The van der Waals surface area contributed by atoms with Gasteiger partial charge >= 0.3 is 0 Å². The van der Waals surface area contributed by atoms with Gasteiger partial charge in [0, 0.05) is 42.5 Å². The summed E-state index contributed by atoms with van der Waals surface area (Å²) in [4.78, 5) is 27.4. The molecule has 3 heterocycles. The SMILES string of the molecule is CC(C)C1N(C(=O)c2ccc3c(c2)NC(=O)C3(C)C)CC12CCOCC2. The zero-order valence-corrected chi connectivity index (χ0v) is 16.1. The van der Waals surface area contributed by atoms with Gasteiger partial charge in [-0.25, -0.2) is 0 Å². The largest absolute Gasteiger partial charge is 0.381 e. The molecule has 1 unspecified atom stereocenters. The predicted octanol–water partition coefficient (Wildman–Crippen LogP) is 3.19. The van der Waals surface area contributed by atoms with E-state index in [-0.39, 0.29) is 23.3 Å². The minimum absolute atomic E-state index is 0.0118. The maximum atomic E-state index is 13.2. The van der Waals surface area contributed by atoms with Crippen LogP contribution in [0.15, 0.2) is 18.2 Å². The van der Waals surface area contributed by atoms with Crippen molar-refractivity contribution in [1.29, 1.82) is 0 Å². The minimum atomic E-state index is -0.541. The summed E-state index contributed by atoms with van der Waals surface area (Å²) in [6.45, 7) is 10.6. The Hall–Kier alpha value is -1.88. The standard InChI is InChI=1S/C21H28N2O3/c1-13(2)17-21(7-9-26-10-8-21)12-23(17)18(24)14-5-6-15-16(11-14)22-19(25)20(15,3)4/h5-6,11,13,17H,7-10,12H2,1-4H3,(H,22,25). The second kappa shape index (κ2) is 5.81. The molecule has 5 heteroatoms. The van der Waals surface area contributed by atoms with Gasteiger partial charge in [0.15, 0.2) is 0 Å². The number of hydrogen-bond donors (Lipinski definition) is 1. The number of nitrogens with zero attached hydrogens (tertiary/aromatic N) is 1. The second-order valence-corrected chi connectivity index (χ2v) is 8.94. The lowest BCUT2D eigenvalue weighted by Gasteiger charge is -2.61. The molecule has 0 aliphatic carbocycles. The molecule has 3 aliphatic heterocycles. The zero-order valence-electron chi connectivity index (χ0n) is 16.1. The van der Waals surface area contributed by atoms with Crippen molar-refractivity contribution in [2.75, 3.05) is 25.1 Å². The monoisotopic (exact) mass is 356 g/mol. The fourth-order valence-electron chi connectivity index (χ4n) is 5.14. The number of carbonyl (C=O) groups excluding carboxylic acids is 2. The first-order valence-corrected chi connectivity index (χ1v) is 9.61. The second-order valence-electron chi connectivity index (χ2n) is 8.94. The molecule has 1 atom stereocenters. The smallest absolute Gasteiger partial charge is 0.254 e. The average molecular weight is 356 g/mol. The van der Waals surface area contributed by atoms with Gasteiger partial charge in [0.05, 0.1) is 5.41 Å². The van der Waals surface area contributed by atoms with Gasteiger partial charge in [0.2, 0.25) is 5.91 Å². The van der Waals surface area contributed by atoms with E-state index in [4.69, 9.17) is 4.74 Å². The molecule has 0 aromatic heterocycles. The fraction of sp³-hybridized carbons (Fsp3) is 0.619. The van der Waals surface area contributed by atoms with Gasteiger partial charge in [-0.3, -0.25) is 9.59 Å². The van der Waals surface area contributed by atoms with Crippen molar-refractivity contribution >= 4 is 17.5 Å². The highest BCUT2D eigenvalue weighted by Crippen LogP contribution is 2.49. The number of amides is 2. The average Bonchev–Trinajstić information content (AvgIpc) is 2.81. The molecule has 4 rings (SSSR count). The highest BCUT2D eigenvalue weighted by atomic mass is 16.5. The molecule has 0 bridgehead atoms. The van der Waals surface area contributed by atoms with Gasteiger partial charge in [0.25, 0.3) is 5.91 Å². The molecule has 2 fully saturated rings. The van der Waals surface area contributed by atoms with Gasteiger partial charge in [-0.2, -0.15) is 0 Å². The van der Waals surface area contributed by atoms with E-state index in [0.29, 0.717) is 11.5 Å². The van der Waals surface area contributed by atoms with Crippen molar-refractivity contribution in [3.05, 3.63) is 29.3 Å². The first-order chi connectivity index (χ1) is 12.3. The Morgan fingerprint density at radius 2 is 1.96 bits per heavy atom. The van der Waals surface area contributed by atoms with Crippen molar-refractivity contribution in [3.63, 3.8) is 0 Å². The maximum absolute atomic E-state index is 13.2. The molecule has 140 valence electrons. The molecule has 5 nitrogen and oxygen atoms in total. The Labute approximate surface area is 155 Å². The van der Waals surface area contributed by atoms with Crippen LogP contribution in [0.1, 0.15) is 56.5 Å². The van der Waals surface area contributed by atoms with Crippen LogP contribution in [0.4, 0.5) is 5.69 Å².